The highest BCUT2D eigenvalue weighted by molar-refractivity contribution is 7.92. The lowest BCUT2D eigenvalue weighted by atomic mass is 10.1. The fraction of sp³-hybridized carbons (Fsp3) is 0.333. The molecule has 0 unspecified atom stereocenters. The van der Waals surface area contributed by atoms with E-state index < -0.39 is 28.5 Å². The van der Waals surface area contributed by atoms with Gasteiger partial charge in [0, 0.05) is 34.8 Å². The van der Waals surface area contributed by atoms with Gasteiger partial charge in [0.25, 0.3) is 10.0 Å². The highest BCUT2D eigenvalue weighted by Crippen LogP contribution is 2.30. The van der Waals surface area contributed by atoms with Crippen molar-refractivity contribution in [3.05, 3.63) is 87.9 Å². The molecule has 0 aliphatic heterocycles. The van der Waals surface area contributed by atoms with Gasteiger partial charge in [-0.3, -0.25) is 13.9 Å². The first-order chi connectivity index (χ1) is 19.5. The molecule has 0 heterocycles. The molecule has 3 rings (SSSR count). The molecule has 3 aromatic rings. The summed E-state index contributed by atoms with van der Waals surface area (Å²) in [7, 11) is -2.73. The van der Waals surface area contributed by atoms with Crippen molar-refractivity contribution in [1.29, 1.82) is 0 Å². The van der Waals surface area contributed by atoms with Gasteiger partial charge in [0.2, 0.25) is 11.8 Å². The maximum atomic E-state index is 14.1. The molecule has 0 bridgehead atoms. The number of nitrogens with zero attached hydrogens (tertiary/aromatic N) is 2. The summed E-state index contributed by atoms with van der Waals surface area (Å²) in [6, 6.07) is 16.9. The van der Waals surface area contributed by atoms with Gasteiger partial charge in [-0.1, -0.05) is 66.9 Å². The Balaban J connectivity index is 2.11. The number of rotatable bonds is 13. The zero-order valence-electron chi connectivity index (χ0n) is 23.6. The van der Waals surface area contributed by atoms with Gasteiger partial charge >= 0.3 is 0 Å². The molecule has 41 heavy (non-hydrogen) atoms. The van der Waals surface area contributed by atoms with Crippen molar-refractivity contribution >= 4 is 50.7 Å². The summed E-state index contributed by atoms with van der Waals surface area (Å²) in [5.74, 6) is -0.526. The third-order valence-electron chi connectivity index (χ3n) is 6.55. The van der Waals surface area contributed by atoms with Crippen LogP contribution in [0.4, 0.5) is 5.69 Å². The summed E-state index contributed by atoms with van der Waals surface area (Å²) in [5, 5.41) is 3.51. The standard InChI is InChI=1S/C30H35Cl2N3O5S/c1-5-17-33-30(37)28(6-2)34(19-25-26(31)11-8-12-27(25)32)29(36)20-35(22-9-7-10-23(18-22)40-4)41(38,39)24-15-13-21(3)14-16-24/h7-16,18,28H,5-6,17,19-20H2,1-4H3,(H,33,37)/t28-/m1/s1. The molecule has 1 atom stereocenters. The zero-order valence-corrected chi connectivity index (χ0v) is 25.9. The van der Waals surface area contributed by atoms with Crippen LogP contribution in [0, 0.1) is 6.92 Å². The van der Waals surface area contributed by atoms with E-state index in [1.54, 1.807) is 61.5 Å². The van der Waals surface area contributed by atoms with Crippen molar-refractivity contribution in [2.24, 2.45) is 0 Å². The van der Waals surface area contributed by atoms with Crippen LogP contribution in [0.1, 0.15) is 37.8 Å². The molecule has 8 nitrogen and oxygen atoms in total. The number of carbonyl (C=O) groups excluding carboxylic acids is 2. The molecule has 3 aromatic carbocycles. The SMILES string of the molecule is CCCNC(=O)[C@@H](CC)N(Cc1c(Cl)cccc1Cl)C(=O)CN(c1cccc(OC)c1)S(=O)(=O)c1ccc(C)cc1. The van der Waals surface area contributed by atoms with Gasteiger partial charge in [0.15, 0.2) is 0 Å². The van der Waals surface area contributed by atoms with E-state index in [9.17, 15) is 18.0 Å². The van der Waals surface area contributed by atoms with Crippen molar-refractivity contribution in [3.8, 4) is 5.75 Å². The second-order valence-corrected chi connectivity index (χ2v) is 12.1. The van der Waals surface area contributed by atoms with Crippen LogP contribution in [0.15, 0.2) is 71.6 Å². The number of halogens is 2. The van der Waals surface area contributed by atoms with Crippen LogP contribution in [-0.4, -0.2) is 51.4 Å². The third kappa shape index (κ3) is 7.93. The van der Waals surface area contributed by atoms with Gasteiger partial charge in [-0.15, -0.1) is 0 Å². The second kappa shape index (κ2) is 14.6. The Morgan fingerprint density at radius 3 is 2.20 bits per heavy atom. The van der Waals surface area contributed by atoms with Crippen molar-refractivity contribution in [2.75, 3.05) is 24.5 Å². The summed E-state index contributed by atoms with van der Waals surface area (Å²) in [6.07, 6.45) is 0.998. The maximum absolute atomic E-state index is 14.1. The van der Waals surface area contributed by atoms with Crippen molar-refractivity contribution < 1.29 is 22.7 Å². The first kappa shape index (κ1) is 32.2. The Bertz CT molecular complexity index is 1440. The van der Waals surface area contributed by atoms with Crippen LogP contribution in [0.25, 0.3) is 0 Å². The maximum Gasteiger partial charge on any atom is 0.264 e. The number of ether oxygens (including phenoxy) is 1. The number of methoxy groups -OCH3 is 1. The highest BCUT2D eigenvalue weighted by Gasteiger charge is 2.34. The minimum absolute atomic E-state index is 0.0205. The number of hydrogen-bond acceptors (Lipinski definition) is 5. The van der Waals surface area contributed by atoms with Crippen LogP contribution >= 0.6 is 23.2 Å². The molecule has 0 aliphatic carbocycles. The van der Waals surface area contributed by atoms with Crippen molar-refractivity contribution in [3.63, 3.8) is 0 Å². The molecule has 0 saturated heterocycles. The topological polar surface area (TPSA) is 96.0 Å². The number of amides is 2. The number of hydrogen-bond donors (Lipinski definition) is 1. The van der Waals surface area contributed by atoms with E-state index >= 15 is 0 Å². The van der Waals surface area contributed by atoms with Gasteiger partial charge in [-0.25, -0.2) is 8.42 Å². The number of sulfonamides is 1. The Morgan fingerprint density at radius 1 is 0.976 bits per heavy atom. The molecule has 1 N–H and O–H groups in total. The van der Waals surface area contributed by atoms with Gasteiger partial charge in [-0.05, 0) is 56.2 Å². The largest absolute Gasteiger partial charge is 0.497 e. The second-order valence-electron chi connectivity index (χ2n) is 9.46. The number of nitrogens with one attached hydrogen (secondary N) is 1. The molecule has 220 valence electrons. The van der Waals surface area contributed by atoms with E-state index in [-0.39, 0.29) is 29.5 Å². The monoisotopic (exact) mass is 619 g/mol. The molecule has 0 aromatic heterocycles. The predicted octanol–water partition coefficient (Wildman–Crippen LogP) is 5.84. The van der Waals surface area contributed by atoms with E-state index in [0.717, 1.165) is 9.87 Å². The lowest BCUT2D eigenvalue weighted by molar-refractivity contribution is -0.140. The summed E-state index contributed by atoms with van der Waals surface area (Å²) in [6.45, 7) is 5.33. The van der Waals surface area contributed by atoms with Gasteiger partial charge in [0.1, 0.15) is 18.3 Å². The molecule has 0 fully saturated rings. The Hall–Kier alpha value is -3.27. The van der Waals surface area contributed by atoms with E-state index in [4.69, 9.17) is 27.9 Å². The summed E-state index contributed by atoms with van der Waals surface area (Å²) in [5.41, 5.74) is 1.58. The molecule has 0 aliphatic rings. The summed E-state index contributed by atoms with van der Waals surface area (Å²) >= 11 is 12.9. The fourth-order valence-corrected chi connectivity index (χ4v) is 6.19. The average molecular weight is 621 g/mol. The molecule has 2 amide bonds. The summed E-state index contributed by atoms with van der Waals surface area (Å²) in [4.78, 5) is 28.7. The molecular weight excluding hydrogens is 585 g/mol. The first-order valence-corrected chi connectivity index (χ1v) is 15.5. The van der Waals surface area contributed by atoms with Gasteiger partial charge in [-0.2, -0.15) is 0 Å². The number of anilines is 1. The number of carbonyl (C=O) groups is 2. The van der Waals surface area contributed by atoms with Crippen molar-refractivity contribution in [2.45, 2.75) is 51.1 Å². The van der Waals surface area contributed by atoms with E-state index in [0.29, 0.717) is 34.3 Å². The molecular formula is C30H35Cl2N3O5S. The summed E-state index contributed by atoms with van der Waals surface area (Å²) < 4.78 is 34.3. The van der Waals surface area contributed by atoms with E-state index in [1.807, 2.05) is 13.8 Å². The first-order valence-electron chi connectivity index (χ1n) is 13.3. The Kier molecular flexibility index (Phi) is 11.5. The highest BCUT2D eigenvalue weighted by atomic mass is 35.5. The minimum Gasteiger partial charge on any atom is -0.497 e. The van der Waals surface area contributed by atoms with Crippen LogP contribution in [0.2, 0.25) is 10.0 Å². The van der Waals surface area contributed by atoms with E-state index in [2.05, 4.69) is 5.32 Å². The fourth-order valence-electron chi connectivity index (χ4n) is 4.27. The lowest BCUT2D eigenvalue weighted by Gasteiger charge is -2.33. The van der Waals surface area contributed by atoms with Crippen molar-refractivity contribution in [1.82, 2.24) is 10.2 Å². The van der Waals surface area contributed by atoms with Crippen LogP contribution in [0.3, 0.4) is 0 Å². The molecule has 0 saturated carbocycles. The Morgan fingerprint density at radius 2 is 1.61 bits per heavy atom. The molecule has 0 spiro atoms. The zero-order chi connectivity index (χ0) is 30.2. The van der Waals surface area contributed by atoms with Crippen LogP contribution < -0.4 is 14.4 Å². The Labute approximate surface area is 252 Å². The number of aryl methyl sites for hydroxylation is 1. The third-order valence-corrected chi connectivity index (χ3v) is 9.05. The number of benzene rings is 3. The lowest BCUT2D eigenvalue weighted by Crippen LogP contribution is -2.52. The smallest absolute Gasteiger partial charge is 0.264 e. The minimum atomic E-state index is -4.20. The van der Waals surface area contributed by atoms with Gasteiger partial charge < -0.3 is 15.0 Å². The molecule has 11 heteroatoms. The van der Waals surface area contributed by atoms with Gasteiger partial charge in [0.05, 0.1) is 17.7 Å². The van der Waals surface area contributed by atoms with E-state index in [1.165, 1.54) is 24.1 Å². The van der Waals surface area contributed by atoms with Crippen LogP contribution in [0.5, 0.6) is 5.75 Å². The normalized spacial score (nSPS) is 12.0. The molecule has 0 radical (unpaired) electrons. The quantitative estimate of drug-likeness (QED) is 0.259. The van der Waals surface area contributed by atoms with Crippen LogP contribution in [-0.2, 0) is 26.2 Å². The average Bonchev–Trinajstić information content (AvgIpc) is 2.96. The predicted molar refractivity (Wildman–Crippen MR) is 163 cm³/mol.